The molecule has 0 N–H and O–H groups in total. The second-order valence-electron chi connectivity index (χ2n) is 6.65. The number of hydrogen-bond acceptors (Lipinski definition) is 5. The quantitative estimate of drug-likeness (QED) is 0.786. The fourth-order valence-electron chi connectivity index (χ4n) is 3.91. The Kier molecular flexibility index (Phi) is 4.23. The van der Waals surface area contributed by atoms with Gasteiger partial charge in [0.2, 0.25) is 11.9 Å². The molecule has 0 aromatic carbocycles. The van der Waals surface area contributed by atoms with Gasteiger partial charge in [0.1, 0.15) is 22.7 Å². The maximum Gasteiger partial charge on any atom is 0.249 e. The number of aromatic nitrogens is 4. The highest BCUT2D eigenvalue weighted by atomic mass is 79.9. The fourth-order valence-corrected chi connectivity index (χ4v) is 4.22. The molecule has 0 saturated heterocycles. The third kappa shape index (κ3) is 2.72. The Morgan fingerprint density at radius 3 is 2.68 bits per heavy atom. The largest absolute Gasteiger partial charge is 0.340 e. The van der Waals surface area contributed by atoms with E-state index in [2.05, 4.69) is 37.7 Å². The van der Waals surface area contributed by atoms with Crippen LogP contribution in [0.2, 0.25) is 0 Å². The number of nitrogens with zero attached hydrogens (tertiary/aromatic N) is 6. The van der Waals surface area contributed by atoms with E-state index in [0.29, 0.717) is 12.0 Å². The minimum atomic E-state index is -0.155. The highest BCUT2D eigenvalue weighted by molar-refractivity contribution is 9.10. The number of rotatable bonds is 3. The van der Waals surface area contributed by atoms with E-state index < -0.39 is 0 Å². The molecule has 7 nitrogen and oxygen atoms in total. The standard InChI is InChI=1S/C17H21BrN6O/c1-3-12-16(25)22(2)13-8-19-17(23-9-14(18)20-10-23)21-15(13)24(12)11-6-4-5-7-11/h8-12H,3-7H2,1-2H3. The van der Waals surface area contributed by atoms with Crippen molar-refractivity contribution in [1.82, 2.24) is 19.5 Å². The van der Waals surface area contributed by atoms with Crippen LogP contribution in [0.3, 0.4) is 0 Å². The van der Waals surface area contributed by atoms with Crippen molar-refractivity contribution < 1.29 is 4.79 Å². The molecule has 1 fully saturated rings. The SMILES string of the molecule is CCC1C(=O)N(C)c2cnc(-n3cnc(Br)c3)nc2N1C1CCCC1. The number of halogens is 1. The molecule has 1 atom stereocenters. The second-order valence-corrected chi connectivity index (χ2v) is 7.46. The molecule has 1 saturated carbocycles. The van der Waals surface area contributed by atoms with Gasteiger partial charge in [0.05, 0.1) is 6.20 Å². The van der Waals surface area contributed by atoms with E-state index in [4.69, 9.17) is 4.98 Å². The zero-order valence-electron chi connectivity index (χ0n) is 14.4. The molecule has 1 amide bonds. The van der Waals surface area contributed by atoms with Crippen molar-refractivity contribution in [3.05, 3.63) is 23.3 Å². The van der Waals surface area contributed by atoms with Crippen LogP contribution in [-0.2, 0) is 4.79 Å². The van der Waals surface area contributed by atoms with Gasteiger partial charge in [-0.15, -0.1) is 0 Å². The lowest BCUT2D eigenvalue weighted by atomic mass is 10.0. The van der Waals surface area contributed by atoms with Gasteiger partial charge in [-0.25, -0.2) is 9.97 Å². The number of carbonyl (C=O) groups is 1. The van der Waals surface area contributed by atoms with Crippen LogP contribution in [0, 0.1) is 0 Å². The molecule has 3 heterocycles. The molecule has 2 aliphatic rings. The molecular weight excluding hydrogens is 384 g/mol. The van der Waals surface area contributed by atoms with Crippen LogP contribution < -0.4 is 9.80 Å². The van der Waals surface area contributed by atoms with E-state index in [1.54, 1.807) is 22.0 Å². The van der Waals surface area contributed by atoms with E-state index >= 15 is 0 Å². The molecule has 4 rings (SSSR count). The van der Waals surface area contributed by atoms with Gasteiger partial charge in [0.25, 0.3) is 0 Å². The summed E-state index contributed by atoms with van der Waals surface area (Å²) in [5.41, 5.74) is 0.782. The Balaban J connectivity index is 1.84. The van der Waals surface area contributed by atoms with Crippen LogP contribution in [0.4, 0.5) is 11.5 Å². The van der Waals surface area contributed by atoms with E-state index in [9.17, 15) is 4.79 Å². The predicted molar refractivity (Wildman–Crippen MR) is 99.1 cm³/mol. The zero-order valence-corrected chi connectivity index (χ0v) is 16.0. The highest BCUT2D eigenvalue weighted by Crippen LogP contribution is 2.39. The Bertz CT molecular complexity index is 800. The summed E-state index contributed by atoms with van der Waals surface area (Å²) in [4.78, 5) is 30.3. The van der Waals surface area contributed by atoms with Gasteiger partial charge in [-0.05, 0) is 35.2 Å². The fraction of sp³-hybridized carbons (Fsp3) is 0.529. The highest BCUT2D eigenvalue weighted by Gasteiger charge is 2.41. The first-order chi connectivity index (χ1) is 12.1. The lowest BCUT2D eigenvalue weighted by molar-refractivity contribution is -0.120. The average Bonchev–Trinajstić information content (AvgIpc) is 3.29. The molecule has 132 valence electrons. The second kappa shape index (κ2) is 6.40. The Morgan fingerprint density at radius 2 is 2.04 bits per heavy atom. The van der Waals surface area contributed by atoms with Crippen molar-refractivity contribution in [3.63, 3.8) is 0 Å². The number of carbonyl (C=O) groups excluding carboxylic acids is 1. The van der Waals surface area contributed by atoms with Gasteiger partial charge in [0, 0.05) is 19.3 Å². The molecule has 1 aliphatic heterocycles. The number of anilines is 2. The first-order valence-electron chi connectivity index (χ1n) is 8.73. The predicted octanol–water partition coefficient (Wildman–Crippen LogP) is 2.93. The summed E-state index contributed by atoms with van der Waals surface area (Å²) in [6.07, 6.45) is 10.7. The van der Waals surface area contributed by atoms with E-state index in [0.717, 1.165) is 35.4 Å². The molecule has 1 unspecified atom stereocenters. The van der Waals surface area contributed by atoms with Gasteiger partial charge < -0.3 is 9.80 Å². The van der Waals surface area contributed by atoms with E-state index in [1.807, 2.05) is 13.2 Å². The monoisotopic (exact) mass is 404 g/mol. The molecule has 2 aromatic rings. The van der Waals surface area contributed by atoms with Gasteiger partial charge in [0.15, 0.2) is 5.82 Å². The Morgan fingerprint density at radius 1 is 1.28 bits per heavy atom. The maximum absolute atomic E-state index is 12.9. The van der Waals surface area contributed by atoms with Gasteiger partial charge in [-0.1, -0.05) is 19.8 Å². The summed E-state index contributed by atoms with van der Waals surface area (Å²) in [6, 6.07) is 0.219. The van der Waals surface area contributed by atoms with Crippen molar-refractivity contribution in [2.45, 2.75) is 51.1 Å². The summed E-state index contributed by atoms with van der Waals surface area (Å²) in [6.45, 7) is 2.07. The van der Waals surface area contributed by atoms with Crippen molar-refractivity contribution in [2.24, 2.45) is 0 Å². The van der Waals surface area contributed by atoms with Crippen LogP contribution in [0.15, 0.2) is 23.3 Å². The first-order valence-corrected chi connectivity index (χ1v) is 9.52. The lowest BCUT2D eigenvalue weighted by Crippen LogP contribution is -2.55. The number of likely N-dealkylation sites (N-methyl/N-ethyl adjacent to an activating group) is 1. The van der Waals surface area contributed by atoms with Crippen LogP contribution in [0.1, 0.15) is 39.0 Å². The number of hydrogen-bond donors (Lipinski definition) is 0. The Hall–Kier alpha value is -1.96. The van der Waals surface area contributed by atoms with Crippen LogP contribution in [-0.4, -0.2) is 44.6 Å². The summed E-state index contributed by atoms with van der Waals surface area (Å²) < 4.78 is 2.52. The summed E-state index contributed by atoms with van der Waals surface area (Å²) in [5, 5.41) is 0. The van der Waals surface area contributed by atoms with E-state index in [1.165, 1.54) is 12.8 Å². The lowest BCUT2D eigenvalue weighted by Gasteiger charge is -2.43. The molecule has 8 heteroatoms. The average molecular weight is 405 g/mol. The van der Waals surface area contributed by atoms with Gasteiger partial charge >= 0.3 is 0 Å². The molecular formula is C17H21BrN6O. The molecule has 2 aromatic heterocycles. The van der Waals surface area contributed by atoms with E-state index in [-0.39, 0.29) is 11.9 Å². The summed E-state index contributed by atoms with van der Waals surface area (Å²) in [5.74, 6) is 1.55. The third-order valence-electron chi connectivity index (χ3n) is 5.18. The minimum absolute atomic E-state index is 0.128. The number of imidazole rings is 1. The van der Waals surface area contributed by atoms with Crippen molar-refractivity contribution in [3.8, 4) is 5.95 Å². The van der Waals surface area contributed by atoms with Crippen molar-refractivity contribution >= 4 is 33.3 Å². The molecule has 25 heavy (non-hydrogen) atoms. The topological polar surface area (TPSA) is 67.2 Å². The Labute approximate surface area is 155 Å². The smallest absolute Gasteiger partial charge is 0.249 e. The zero-order chi connectivity index (χ0) is 17.6. The van der Waals surface area contributed by atoms with Gasteiger partial charge in [-0.3, -0.25) is 9.36 Å². The summed E-state index contributed by atoms with van der Waals surface area (Å²) in [7, 11) is 1.81. The van der Waals surface area contributed by atoms with Crippen molar-refractivity contribution in [2.75, 3.05) is 16.8 Å². The number of fused-ring (bicyclic) bond motifs is 1. The summed E-state index contributed by atoms with van der Waals surface area (Å²) >= 11 is 3.36. The molecule has 1 aliphatic carbocycles. The van der Waals surface area contributed by atoms with Crippen LogP contribution in [0.5, 0.6) is 0 Å². The van der Waals surface area contributed by atoms with Crippen LogP contribution in [0.25, 0.3) is 5.95 Å². The molecule has 0 spiro atoms. The normalized spacial score (nSPS) is 21.1. The third-order valence-corrected chi connectivity index (χ3v) is 5.59. The minimum Gasteiger partial charge on any atom is -0.340 e. The molecule has 0 bridgehead atoms. The van der Waals surface area contributed by atoms with Crippen LogP contribution >= 0.6 is 15.9 Å². The number of amides is 1. The first kappa shape index (κ1) is 16.5. The van der Waals surface area contributed by atoms with Crippen molar-refractivity contribution in [1.29, 1.82) is 0 Å². The molecule has 0 radical (unpaired) electrons. The maximum atomic E-state index is 12.9. The van der Waals surface area contributed by atoms with Gasteiger partial charge in [-0.2, -0.15) is 4.98 Å².